The van der Waals surface area contributed by atoms with Crippen molar-refractivity contribution in [2.45, 2.75) is 33.6 Å². The highest BCUT2D eigenvalue weighted by atomic mass is 14.1. The van der Waals surface area contributed by atoms with Crippen molar-refractivity contribution in [2.24, 2.45) is 0 Å². The Bertz CT molecular complexity index is 243. The van der Waals surface area contributed by atoms with Gasteiger partial charge in [-0.05, 0) is 48.9 Å². The smallest absolute Gasteiger partial charge is 0.0235 e. The Kier molecular flexibility index (Phi) is 2.91. The van der Waals surface area contributed by atoms with Gasteiger partial charge in [0.25, 0.3) is 0 Å². The Morgan fingerprint density at radius 1 is 1.08 bits per heavy atom. The van der Waals surface area contributed by atoms with Gasteiger partial charge in [-0.2, -0.15) is 0 Å². The fraction of sp³-hybridized carbons (Fsp3) is 0.417. The first-order chi connectivity index (χ1) is 5.70. The topological polar surface area (TPSA) is 0 Å². The van der Waals surface area contributed by atoms with Crippen LogP contribution in [0.5, 0.6) is 0 Å². The second-order valence-electron chi connectivity index (χ2n) is 3.21. The first-order valence-corrected chi connectivity index (χ1v) is 4.64. The zero-order valence-electron chi connectivity index (χ0n) is 8.28. The summed E-state index contributed by atoms with van der Waals surface area (Å²) in [4.78, 5) is 0. The predicted molar refractivity (Wildman–Crippen MR) is 54.4 cm³/mol. The second-order valence-corrected chi connectivity index (χ2v) is 3.21. The summed E-state index contributed by atoms with van der Waals surface area (Å²) in [5.74, 6) is 0. The highest BCUT2D eigenvalue weighted by Crippen LogP contribution is 2.19. The molecule has 0 aliphatic rings. The van der Waals surface area contributed by atoms with E-state index in [4.69, 9.17) is 0 Å². The van der Waals surface area contributed by atoms with Crippen LogP contribution < -0.4 is 0 Å². The molecular weight excluding hydrogens is 144 g/mol. The van der Waals surface area contributed by atoms with Gasteiger partial charge < -0.3 is 0 Å². The lowest BCUT2D eigenvalue weighted by molar-refractivity contribution is 1.01. The van der Waals surface area contributed by atoms with Crippen molar-refractivity contribution in [3.05, 3.63) is 41.3 Å². The molecule has 0 unspecified atom stereocenters. The molecule has 0 aromatic heterocycles. The third-order valence-corrected chi connectivity index (χ3v) is 2.47. The Hall–Kier alpha value is -0.780. The van der Waals surface area contributed by atoms with Crippen LogP contribution >= 0.6 is 0 Å². The van der Waals surface area contributed by atoms with E-state index in [9.17, 15) is 0 Å². The average Bonchev–Trinajstić information content (AvgIpc) is 2.08. The summed E-state index contributed by atoms with van der Waals surface area (Å²) >= 11 is 0. The van der Waals surface area contributed by atoms with Crippen molar-refractivity contribution >= 4 is 0 Å². The van der Waals surface area contributed by atoms with E-state index in [1.165, 1.54) is 22.3 Å². The lowest BCUT2D eigenvalue weighted by Crippen LogP contribution is -1.97. The van der Waals surface area contributed by atoms with Crippen molar-refractivity contribution in [2.75, 3.05) is 0 Å². The van der Waals surface area contributed by atoms with E-state index in [-0.39, 0.29) is 0 Å². The first-order valence-electron chi connectivity index (χ1n) is 4.64. The van der Waals surface area contributed by atoms with Crippen LogP contribution in [0.1, 0.15) is 36.1 Å². The minimum absolute atomic E-state index is 1.10. The maximum absolute atomic E-state index is 4.04. The Balaban J connectivity index is 3.28. The largest absolute Gasteiger partial charge is 0.0613 e. The summed E-state index contributed by atoms with van der Waals surface area (Å²) in [6.45, 7) is 10.6. The van der Waals surface area contributed by atoms with Gasteiger partial charge in [-0.3, -0.25) is 0 Å². The van der Waals surface area contributed by atoms with Crippen molar-refractivity contribution in [1.29, 1.82) is 0 Å². The third kappa shape index (κ3) is 1.52. The minimum atomic E-state index is 1.10. The molecule has 0 spiro atoms. The number of benzene rings is 1. The summed E-state index contributed by atoms with van der Waals surface area (Å²) in [5.41, 5.74) is 5.53. The highest BCUT2D eigenvalue weighted by Gasteiger charge is 2.04. The molecule has 0 saturated heterocycles. The molecule has 0 aliphatic heterocycles. The third-order valence-electron chi connectivity index (χ3n) is 2.47. The van der Waals surface area contributed by atoms with Gasteiger partial charge in [-0.15, -0.1) is 0 Å². The van der Waals surface area contributed by atoms with Gasteiger partial charge in [0.2, 0.25) is 0 Å². The van der Waals surface area contributed by atoms with E-state index in [1.54, 1.807) is 0 Å². The molecule has 0 fully saturated rings. The van der Waals surface area contributed by atoms with E-state index in [2.05, 4.69) is 39.8 Å². The number of rotatable bonds is 2. The fourth-order valence-corrected chi connectivity index (χ4v) is 1.79. The summed E-state index contributed by atoms with van der Waals surface area (Å²) < 4.78 is 0. The Morgan fingerprint density at radius 3 is 2.08 bits per heavy atom. The second kappa shape index (κ2) is 3.75. The first kappa shape index (κ1) is 9.31. The van der Waals surface area contributed by atoms with Gasteiger partial charge in [0.05, 0.1) is 0 Å². The normalized spacial score (nSPS) is 10.3. The van der Waals surface area contributed by atoms with E-state index < -0.39 is 0 Å². The van der Waals surface area contributed by atoms with Crippen LogP contribution in [0.2, 0.25) is 0 Å². The van der Waals surface area contributed by atoms with E-state index >= 15 is 0 Å². The van der Waals surface area contributed by atoms with Gasteiger partial charge in [-0.1, -0.05) is 26.0 Å². The Labute approximate surface area is 75.6 Å². The molecule has 0 saturated carbocycles. The predicted octanol–water partition coefficient (Wildman–Crippen LogP) is 3.30. The molecule has 1 aromatic carbocycles. The fourth-order valence-electron chi connectivity index (χ4n) is 1.79. The lowest BCUT2D eigenvalue weighted by Gasteiger charge is -2.11. The lowest BCUT2D eigenvalue weighted by atomic mass is 9.94. The van der Waals surface area contributed by atoms with Gasteiger partial charge in [0.1, 0.15) is 0 Å². The van der Waals surface area contributed by atoms with E-state index in [0.717, 1.165) is 12.8 Å². The number of hydrogen-bond acceptors (Lipinski definition) is 0. The van der Waals surface area contributed by atoms with E-state index in [1.807, 2.05) is 0 Å². The molecule has 1 aromatic rings. The zero-order chi connectivity index (χ0) is 9.14. The molecule has 0 nitrogen and oxygen atoms in total. The van der Waals surface area contributed by atoms with Crippen LogP contribution in [0.4, 0.5) is 0 Å². The van der Waals surface area contributed by atoms with Gasteiger partial charge in [-0.25, -0.2) is 0 Å². The summed E-state index contributed by atoms with van der Waals surface area (Å²) in [5, 5.41) is 0. The van der Waals surface area contributed by atoms with Crippen molar-refractivity contribution in [3.8, 4) is 0 Å². The van der Waals surface area contributed by atoms with E-state index in [0.29, 0.717) is 0 Å². The average molecular weight is 161 g/mol. The maximum Gasteiger partial charge on any atom is -0.0235 e. The minimum Gasteiger partial charge on any atom is -0.0613 e. The summed E-state index contributed by atoms with van der Waals surface area (Å²) in [6, 6.07) is 4.29. The number of hydrogen-bond donors (Lipinski definition) is 0. The van der Waals surface area contributed by atoms with Crippen molar-refractivity contribution in [1.82, 2.24) is 0 Å². The quantitative estimate of drug-likeness (QED) is 0.624. The van der Waals surface area contributed by atoms with Crippen molar-refractivity contribution in [3.63, 3.8) is 0 Å². The number of aryl methyl sites for hydroxylation is 1. The maximum atomic E-state index is 4.04. The molecule has 0 amide bonds. The summed E-state index contributed by atoms with van der Waals surface area (Å²) in [6.07, 6.45) is 2.22. The monoisotopic (exact) mass is 161 g/mol. The molecule has 1 radical (unpaired) electrons. The van der Waals surface area contributed by atoms with Gasteiger partial charge in [0.15, 0.2) is 0 Å². The molecule has 1 rings (SSSR count). The standard InChI is InChI=1S/C12H17/c1-5-11-9(3)7-8-10(4)12(11)6-2/h7-8H,3,5-6H2,1-2,4H3. The SMILES string of the molecule is [CH2]c1ccc(C)c(CC)c1CC. The molecule has 0 heteroatoms. The van der Waals surface area contributed by atoms with Crippen LogP contribution in [0.15, 0.2) is 12.1 Å². The molecular formula is C12H17. The molecule has 12 heavy (non-hydrogen) atoms. The molecule has 0 bridgehead atoms. The van der Waals surface area contributed by atoms with Crippen LogP contribution in [0.3, 0.4) is 0 Å². The molecule has 0 N–H and O–H groups in total. The van der Waals surface area contributed by atoms with Crippen LogP contribution in [-0.4, -0.2) is 0 Å². The Morgan fingerprint density at radius 2 is 1.67 bits per heavy atom. The molecule has 65 valence electrons. The molecule has 0 aliphatic carbocycles. The van der Waals surface area contributed by atoms with Crippen LogP contribution in [0.25, 0.3) is 0 Å². The van der Waals surface area contributed by atoms with Crippen LogP contribution in [0, 0.1) is 13.8 Å². The highest BCUT2D eigenvalue weighted by molar-refractivity contribution is 5.41. The van der Waals surface area contributed by atoms with Crippen molar-refractivity contribution < 1.29 is 0 Å². The summed E-state index contributed by atoms with van der Waals surface area (Å²) in [7, 11) is 0. The van der Waals surface area contributed by atoms with Gasteiger partial charge in [0, 0.05) is 0 Å². The molecule has 0 atom stereocenters. The molecule has 0 heterocycles. The van der Waals surface area contributed by atoms with Gasteiger partial charge >= 0.3 is 0 Å². The van der Waals surface area contributed by atoms with Crippen LogP contribution in [-0.2, 0) is 12.8 Å². The zero-order valence-corrected chi connectivity index (χ0v) is 8.28.